The van der Waals surface area contributed by atoms with Crippen LogP contribution in [0.15, 0.2) is 35.3 Å². The molecule has 2 heterocycles. The Bertz CT molecular complexity index is 605. The van der Waals surface area contributed by atoms with Gasteiger partial charge in [-0.1, -0.05) is 30.3 Å². The normalized spacial score (nSPS) is 20.4. The Balaban J connectivity index is 0.00000341. The Morgan fingerprint density at radius 2 is 1.77 bits per heavy atom. The number of aliphatic imine (C=N–C) groups is 1. The minimum atomic E-state index is 0. The van der Waals surface area contributed by atoms with Gasteiger partial charge in [-0.2, -0.15) is 0 Å². The third kappa shape index (κ3) is 10.5. The molecular formula is C23H40IN5O2. The second-order valence-electron chi connectivity index (χ2n) is 8.09. The van der Waals surface area contributed by atoms with Gasteiger partial charge in [-0.3, -0.25) is 9.89 Å². The van der Waals surface area contributed by atoms with Crippen molar-refractivity contribution in [2.45, 2.75) is 31.9 Å². The van der Waals surface area contributed by atoms with Crippen molar-refractivity contribution in [3.63, 3.8) is 0 Å². The lowest BCUT2D eigenvalue weighted by Gasteiger charge is -2.34. The van der Waals surface area contributed by atoms with Crippen LogP contribution in [0.25, 0.3) is 0 Å². The van der Waals surface area contributed by atoms with Crippen molar-refractivity contribution in [2.24, 2.45) is 4.99 Å². The molecule has 2 fully saturated rings. The molecule has 0 spiro atoms. The number of guanidine groups is 1. The Morgan fingerprint density at radius 3 is 2.45 bits per heavy atom. The zero-order valence-corrected chi connectivity index (χ0v) is 21.3. The maximum atomic E-state index is 5.79. The topological polar surface area (TPSA) is 61.4 Å². The predicted octanol–water partition coefficient (Wildman–Crippen LogP) is 2.17. The van der Waals surface area contributed by atoms with Crippen LogP contribution in [0.4, 0.5) is 0 Å². The Morgan fingerprint density at radius 1 is 1.06 bits per heavy atom. The van der Waals surface area contributed by atoms with Gasteiger partial charge in [0.15, 0.2) is 5.96 Å². The highest BCUT2D eigenvalue weighted by Crippen LogP contribution is 2.09. The fraction of sp³-hybridized carbons (Fsp3) is 0.696. The molecule has 2 aliphatic rings. The van der Waals surface area contributed by atoms with Gasteiger partial charge in [0.05, 0.1) is 12.7 Å². The van der Waals surface area contributed by atoms with Gasteiger partial charge in [-0.05, 0) is 31.4 Å². The molecule has 7 nitrogen and oxygen atoms in total. The number of hydrogen-bond donors (Lipinski definition) is 2. The molecule has 2 saturated heterocycles. The monoisotopic (exact) mass is 545 g/mol. The van der Waals surface area contributed by atoms with E-state index < -0.39 is 0 Å². The number of benzene rings is 1. The fourth-order valence-electron chi connectivity index (χ4n) is 3.92. The van der Waals surface area contributed by atoms with Crippen LogP contribution in [0, 0.1) is 0 Å². The second-order valence-corrected chi connectivity index (χ2v) is 8.09. The summed E-state index contributed by atoms with van der Waals surface area (Å²) in [5.74, 6) is 0.881. The molecule has 0 saturated carbocycles. The lowest BCUT2D eigenvalue weighted by Crippen LogP contribution is -2.46. The number of nitrogens with one attached hydrogen (secondary N) is 2. The Labute approximate surface area is 205 Å². The minimum Gasteiger partial charge on any atom is -0.379 e. The van der Waals surface area contributed by atoms with E-state index in [2.05, 4.69) is 55.8 Å². The summed E-state index contributed by atoms with van der Waals surface area (Å²) >= 11 is 0. The second kappa shape index (κ2) is 15.8. The maximum Gasteiger partial charge on any atom is 0.190 e. The number of rotatable bonds is 11. The first-order chi connectivity index (χ1) is 14.8. The smallest absolute Gasteiger partial charge is 0.190 e. The molecule has 0 bridgehead atoms. The molecule has 0 radical (unpaired) electrons. The van der Waals surface area contributed by atoms with Crippen molar-refractivity contribution >= 4 is 29.9 Å². The summed E-state index contributed by atoms with van der Waals surface area (Å²) in [5, 5.41) is 6.79. The van der Waals surface area contributed by atoms with Crippen molar-refractivity contribution < 1.29 is 9.47 Å². The summed E-state index contributed by atoms with van der Waals surface area (Å²) in [7, 11) is 1.83. The van der Waals surface area contributed by atoms with Crippen LogP contribution in [0.1, 0.15) is 24.8 Å². The van der Waals surface area contributed by atoms with Crippen LogP contribution in [0.2, 0.25) is 0 Å². The van der Waals surface area contributed by atoms with E-state index in [4.69, 9.17) is 9.47 Å². The third-order valence-electron chi connectivity index (χ3n) is 5.74. The quantitative estimate of drug-likeness (QED) is 0.193. The van der Waals surface area contributed by atoms with Crippen molar-refractivity contribution in [3.8, 4) is 0 Å². The number of hydrogen-bond acceptors (Lipinski definition) is 5. The summed E-state index contributed by atoms with van der Waals surface area (Å²) in [6.07, 6.45) is 3.43. The zero-order valence-electron chi connectivity index (χ0n) is 18.9. The van der Waals surface area contributed by atoms with Gasteiger partial charge in [-0.25, -0.2) is 0 Å². The Hall–Kier alpha value is -0.940. The molecule has 0 aromatic heterocycles. The van der Waals surface area contributed by atoms with Crippen LogP contribution in [0.3, 0.4) is 0 Å². The van der Waals surface area contributed by atoms with E-state index in [9.17, 15) is 0 Å². The van der Waals surface area contributed by atoms with Crippen LogP contribution >= 0.6 is 24.0 Å². The van der Waals surface area contributed by atoms with E-state index in [-0.39, 0.29) is 24.0 Å². The SMILES string of the molecule is CN=C(NCCCOC1CCOC1)NCCCN1CCN(Cc2ccccc2)CC1.I. The van der Waals surface area contributed by atoms with E-state index in [1.54, 1.807) is 0 Å². The van der Waals surface area contributed by atoms with Gasteiger partial charge in [0.1, 0.15) is 0 Å². The average Bonchev–Trinajstić information content (AvgIpc) is 3.30. The number of piperazine rings is 1. The standard InChI is InChI=1S/C23H39N5O2.HI/c1-24-23(26-11-6-17-30-22-9-18-29-20-22)25-10-5-12-27-13-15-28(16-14-27)19-21-7-3-2-4-8-21;/h2-4,7-8,22H,5-6,9-20H2,1H3,(H2,24,25,26);1H. The summed E-state index contributed by atoms with van der Waals surface area (Å²) in [6.45, 7) is 11.0. The molecule has 1 unspecified atom stereocenters. The molecule has 0 aliphatic carbocycles. The summed E-state index contributed by atoms with van der Waals surface area (Å²) < 4.78 is 11.1. The zero-order chi connectivity index (χ0) is 20.9. The molecule has 0 amide bonds. The molecular weight excluding hydrogens is 505 g/mol. The van der Waals surface area contributed by atoms with Gasteiger partial charge in [0.25, 0.3) is 0 Å². The fourth-order valence-corrected chi connectivity index (χ4v) is 3.92. The first-order valence-electron chi connectivity index (χ1n) is 11.5. The molecule has 2 aliphatic heterocycles. The van der Waals surface area contributed by atoms with Crippen LogP contribution < -0.4 is 10.6 Å². The van der Waals surface area contributed by atoms with Gasteiger partial charge in [-0.15, -0.1) is 24.0 Å². The molecule has 176 valence electrons. The molecule has 2 N–H and O–H groups in total. The van der Waals surface area contributed by atoms with Gasteiger partial charge < -0.3 is 25.0 Å². The number of halogens is 1. The highest BCUT2D eigenvalue weighted by Gasteiger charge is 2.17. The molecule has 1 atom stereocenters. The van der Waals surface area contributed by atoms with Crippen molar-refractivity contribution in [2.75, 3.05) is 72.7 Å². The average molecular weight is 546 g/mol. The molecule has 1 aromatic rings. The van der Waals surface area contributed by atoms with E-state index >= 15 is 0 Å². The molecule has 3 rings (SSSR count). The van der Waals surface area contributed by atoms with Crippen molar-refractivity contribution in [1.29, 1.82) is 0 Å². The lowest BCUT2D eigenvalue weighted by molar-refractivity contribution is 0.0420. The molecule has 1 aromatic carbocycles. The largest absolute Gasteiger partial charge is 0.379 e. The van der Waals surface area contributed by atoms with E-state index in [0.29, 0.717) is 6.10 Å². The first kappa shape index (κ1) is 26.3. The van der Waals surface area contributed by atoms with Gasteiger partial charge >= 0.3 is 0 Å². The summed E-state index contributed by atoms with van der Waals surface area (Å²) in [4.78, 5) is 9.44. The highest BCUT2D eigenvalue weighted by atomic mass is 127. The van der Waals surface area contributed by atoms with E-state index in [1.807, 2.05) is 7.05 Å². The van der Waals surface area contributed by atoms with Gasteiger partial charge in [0, 0.05) is 66.1 Å². The van der Waals surface area contributed by atoms with E-state index in [1.165, 1.54) is 5.56 Å². The third-order valence-corrected chi connectivity index (χ3v) is 5.74. The summed E-state index contributed by atoms with van der Waals surface area (Å²) in [6, 6.07) is 10.8. The first-order valence-corrected chi connectivity index (χ1v) is 11.5. The van der Waals surface area contributed by atoms with Crippen LogP contribution in [-0.2, 0) is 16.0 Å². The van der Waals surface area contributed by atoms with Crippen LogP contribution in [-0.4, -0.2) is 94.5 Å². The molecule has 8 heteroatoms. The van der Waals surface area contributed by atoms with Crippen LogP contribution in [0.5, 0.6) is 0 Å². The van der Waals surface area contributed by atoms with Crippen molar-refractivity contribution in [3.05, 3.63) is 35.9 Å². The minimum absolute atomic E-state index is 0. The van der Waals surface area contributed by atoms with Gasteiger partial charge in [0.2, 0.25) is 0 Å². The Kier molecular flexibility index (Phi) is 13.4. The highest BCUT2D eigenvalue weighted by molar-refractivity contribution is 14.0. The summed E-state index contributed by atoms with van der Waals surface area (Å²) in [5.41, 5.74) is 1.41. The number of nitrogens with zero attached hydrogens (tertiary/aromatic N) is 3. The lowest BCUT2D eigenvalue weighted by atomic mass is 10.2. The van der Waals surface area contributed by atoms with Crippen molar-refractivity contribution in [1.82, 2.24) is 20.4 Å². The van der Waals surface area contributed by atoms with E-state index in [0.717, 1.165) is 97.4 Å². The maximum absolute atomic E-state index is 5.79. The number of ether oxygens (including phenoxy) is 2. The molecule has 31 heavy (non-hydrogen) atoms. The predicted molar refractivity (Wildman–Crippen MR) is 137 cm³/mol.